The summed E-state index contributed by atoms with van der Waals surface area (Å²) in [4.78, 5) is 10.2. The monoisotopic (exact) mass is 482 g/mol. The van der Waals surface area contributed by atoms with Crippen LogP contribution in [0.15, 0.2) is 91.0 Å². The molecule has 0 spiro atoms. The molecule has 0 saturated carbocycles. The first-order valence-electron chi connectivity index (χ1n) is 10.4. The summed E-state index contributed by atoms with van der Waals surface area (Å²) in [5.41, 5.74) is -1.70. The van der Waals surface area contributed by atoms with E-state index in [1.165, 1.54) is 0 Å². The number of rotatable bonds is 5. The standard InChI is InChI=1S/C12H11O2P.C8H14O2.C7H6O2/c1-3-7-11(8-4-1)13-15-14-12-9-5-2-6-10-12;1-7(2,9)5-6-8(3,4)10;8-7(9)6-4-2-1-3-5-6/h1-10,15H;9-10H,1-4H3;1-5H,(H,8,9). The van der Waals surface area contributed by atoms with Gasteiger partial charge in [0, 0.05) is 0 Å². The van der Waals surface area contributed by atoms with Crippen molar-refractivity contribution in [2.45, 2.75) is 38.9 Å². The molecule has 34 heavy (non-hydrogen) atoms. The van der Waals surface area contributed by atoms with Gasteiger partial charge in [0.25, 0.3) is 9.03 Å². The molecule has 6 nitrogen and oxygen atoms in total. The van der Waals surface area contributed by atoms with Gasteiger partial charge in [-0.2, -0.15) is 0 Å². The minimum absolute atomic E-state index is 0.0129. The predicted octanol–water partition coefficient (Wildman–Crippen LogP) is 5.57. The Labute approximate surface area is 203 Å². The molecule has 0 aliphatic heterocycles. The van der Waals surface area contributed by atoms with Crippen LogP contribution >= 0.6 is 9.03 Å². The second-order valence-electron chi connectivity index (χ2n) is 7.95. The molecule has 0 fully saturated rings. The molecular weight excluding hydrogens is 451 g/mol. The van der Waals surface area contributed by atoms with Gasteiger partial charge in [-0.3, -0.25) is 0 Å². The van der Waals surface area contributed by atoms with Crippen LogP contribution in [-0.4, -0.2) is 32.5 Å². The molecule has 3 aromatic carbocycles. The van der Waals surface area contributed by atoms with Gasteiger partial charge in [-0.15, -0.1) is 0 Å². The minimum Gasteiger partial charge on any atom is -0.478 e. The third-order valence-electron chi connectivity index (χ3n) is 3.50. The molecule has 0 aliphatic rings. The van der Waals surface area contributed by atoms with E-state index in [2.05, 4.69) is 11.8 Å². The first-order chi connectivity index (χ1) is 16.0. The van der Waals surface area contributed by atoms with E-state index < -0.39 is 17.2 Å². The number of carbonyl (C=O) groups is 1. The van der Waals surface area contributed by atoms with E-state index in [-0.39, 0.29) is 9.03 Å². The van der Waals surface area contributed by atoms with Crippen LogP contribution in [0.5, 0.6) is 11.5 Å². The molecule has 0 heterocycles. The number of carboxylic acid groups (broad SMARTS) is 1. The lowest BCUT2D eigenvalue weighted by Gasteiger charge is -2.10. The Balaban J connectivity index is 0.000000268. The van der Waals surface area contributed by atoms with Crippen LogP contribution in [-0.2, 0) is 0 Å². The van der Waals surface area contributed by atoms with E-state index in [0.29, 0.717) is 5.56 Å². The van der Waals surface area contributed by atoms with Crippen molar-refractivity contribution >= 4 is 15.0 Å². The van der Waals surface area contributed by atoms with Crippen LogP contribution < -0.4 is 9.05 Å². The highest BCUT2D eigenvalue weighted by Crippen LogP contribution is 2.23. The van der Waals surface area contributed by atoms with Gasteiger partial charge in [-0.25, -0.2) is 4.79 Å². The summed E-state index contributed by atoms with van der Waals surface area (Å²) in [6.07, 6.45) is 0. The highest BCUT2D eigenvalue weighted by molar-refractivity contribution is 7.27. The first-order valence-corrected chi connectivity index (χ1v) is 11.2. The van der Waals surface area contributed by atoms with E-state index in [4.69, 9.17) is 24.4 Å². The number of benzene rings is 3. The highest BCUT2D eigenvalue weighted by atomic mass is 31.1. The minimum atomic E-state index is -1.01. The Kier molecular flexibility index (Phi) is 12.4. The quantitative estimate of drug-likeness (QED) is 0.325. The van der Waals surface area contributed by atoms with E-state index >= 15 is 0 Å². The summed E-state index contributed by atoms with van der Waals surface area (Å²) in [5, 5.41) is 26.6. The zero-order chi connectivity index (χ0) is 25.5. The lowest BCUT2D eigenvalue weighted by molar-refractivity contribution is 0.0696. The number of hydrogen-bond acceptors (Lipinski definition) is 5. The fraction of sp³-hybridized carbons (Fsp3) is 0.222. The summed E-state index contributed by atoms with van der Waals surface area (Å²) < 4.78 is 10.8. The Morgan fingerprint density at radius 3 is 1.26 bits per heavy atom. The number of aliphatic hydroxyl groups is 2. The van der Waals surface area contributed by atoms with Gasteiger partial charge >= 0.3 is 5.97 Å². The van der Waals surface area contributed by atoms with Gasteiger partial charge in [0.05, 0.1) is 5.56 Å². The molecule has 0 unspecified atom stereocenters. The summed E-state index contributed by atoms with van der Waals surface area (Å²) in [7, 11) is -0.0129. The van der Waals surface area contributed by atoms with Crippen molar-refractivity contribution in [2.24, 2.45) is 0 Å². The van der Waals surface area contributed by atoms with E-state index in [1.807, 2.05) is 60.7 Å². The van der Waals surface area contributed by atoms with Crippen molar-refractivity contribution < 1.29 is 29.2 Å². The molecule has 3 N–H and O–H groups in total. The molecule has 0 atom stereocenters. The normalized spacial score (nSPS) is 10.2. The van der Waals surface area contributed by atoms with Gasteiger partial charge in [-0.05, 0) is 64.1 Å². The smallest absolute Gasteiger partial charge is 0.335 e. The average molecular weight is 483 g/mol. The maximum absolute atomic E-state index is 10.2. The third kappa shape index (κ3) is 15.4. The van der Waals surface area contributed by atoms with E-state index in [0.717, 1.165) is 11.5 Å². The maximum Gasteiger partial charge on any atom is 0.335 e. The van der Waals surface area contributed by atoms with Crippen LogP contribution in [0.2, 0.25) is 0 Å². The van der Waals surface area contributed by atoms with Crippen LogP contribution in [0.3, 0.4) is 0 Å². The molecule has 0 saturated heterocycles. The SMILES string of the molecule is CC(C)(O)C#CC(C)(C)O.O=C(O)c1ccccc1.c1ccc(OPOc2ccccc2)cc1. The fourth-order valence-corrected chi connectivity index (χ4v) is 2.49. The summed E-state index contributed by atoms with van der Waals surface area (Å²) in [6.45, 7) is 6.30. The molecular formula is C27H31O6P. The molecule has 0 amide bonds. The molecule has 0 aliphatic carbocycles. The maximum atomic E-state index is 10.2. The zero-order valence-electron chi connectivity index (χ0n) is 19.7. The van der Waals surface area contributed by atoms with Crippen molar-refractivity contribution in [3.8, 4) is 23.3 Å². The zero-order valence-corrected chi connectivity index (χ0v) is 20.7. The van der Waals surface area contributed by atoms with Crippen molar-refractivity contribution in [3.63, 3.8) is 0 Å². The van der Waals surface area contributed by atoms with Crippen molar-refractivity contribution in [3.05, 3.63) is 96.6 Å². The van der Waals surface area contributed by atoms with E-state index in [1.54, 1.807) is 58.0 Å². The molecule has 3 rings (SSSR count). The molecule has 3 aromatic rings. The number of hydrogen-bond donors (Lipinski definition) is 3. The Morgan fingerprint density at radius 2 is 1.00 bits per heavy atom. The number of para-hydroxylation sites is 2. The topological polar surface area (TPSA) is 96.2 Å². The number of aromatic carboxylic acids is 1. The van der Waals surface area contributed by atoms with Crippen LogP contribution in [0.1, 0.15) is 38.1 Å². The third-order valence-corrected chi connectivity index (χ3v) is 4.14. The van der Waals surface area contributed by atoms with E-state index in [9.17, 15) is 4.79 Å². The molecule has 180 valence electrons. The Hall–Kier alpha value is -3.36. The molecule has 7 heteroatoms. The van der Waals surface area contributed by atoms with Crippen molar-refractivity contribution in [1.82, 2.24) is 0 Å². The molecule has 0 bridgehead atoms. The van der Waals surface area contributed by atoms with Gasteiger partial charge in [0.15, 0.2) is 0 Å². The van der Waals surface area contributed by atoms with Crippen LogP contribution in [0.25, 0.3) is 0 Å². The summed E-state index contributed by atoms with van der Waals surface area (Å²) in [6, 6.07) is 27.5. The average Bonchev–Trinajstić information content (AvgIpc) is 2.80. The van der Waals surface area contributed by atoms with Gasteiger partial charge in [-0.1, -0.05) is 66.4 Å². The summed E-state index contributed by atoms with van der Waals surface area (Å²) in [5.74, 6) is 5.81. The molecule has 0 aromatic heterocycles. The Morgan fingerprint density at radius 1 is 0.676 bits per heavy atom. The largest absolute Gasteiger partial charge is 0.478 e. The second-order valence-corrected chi connectivity index (χ2v) is 8.53. The Bertz CT molecular complexity index is 958. The van der Waals surface area contributed by atoms with Crippen LogP contribution in [0.4, 0.5) is 0 Å². The lowest BCUT2D eigenvalue weighted by atomic mass is 10.1. The van der Waals surface area contributed by atoms with Crippen molar-refractivity contribution in [2.75, 3.05) is 0 Å². The predicted molar refractivity (Wildman–Crippen MR) is 136 cm³/mol. The van der Waals surface area contributed by atoms with Gasteiger partial charge < -0.3 is 24.4 Å². The first kappa shape index (κ1) is 28.7. The highest BCUT2D eigenvalue weighted by Gasteiger charge is 2.10. The number of carboxylic acids is 1. The van der Waals surface area contributed by atoms with Gasteiger partial charge in [0.1, 0.15) is 22.7 Å². The van der Waals surface area contributed by atoms with Gasteiger partial charge in [0.2, 0.25) is 0 Å². The molecule has 0 radical (unpaired) electrons. The fourth-order valence-electron chi connectivity index (χ4n) is 1.98. The lowest BCUT2D eigenvalue weighted by Crippen LogP contribution is -2.20. The second kappa shape index (κ2) is 14.7. The van der Waals surface area contributed by atoms with Crippen molar-refractivity contribution in [1.29, 1.82) is 0 Å². The van der Waals surface area contributed by atoms with Crippen LogP contribution in [0, 0.1) is 11.8 Å². The summed E-state index contributed by atoms with van der Waals surface area (Å²) >= 11 is 0.